The van der Waals surface area contributed by atoms with Gasteiger partial charge in [-0.05, 0) is 37.1 Å². The van der Waals surface area contributed by atoms with Crippen molar-refractivity contribution in [1.82, 2.24) is 5.32 Å². The first-order valence-corrected chi connectivity index (χ1v) is 5.74. The van der Waals surface area contributed by atoms with E-state index in [1.54, 1.807) is 0 Å². The Kier molecular flexibility index (Phi) is 3.43. The van der Waals surface area contributed by atoms with Crippen molar-refractivity contribution in [3.63, 3.8) is 0 Å². The van der Waals surface area contributed by atoms with Gasteiger partial charge in [-0.15, -0.1) is 0 Å². The van der Waals surface area contributed by atoms with Gasteiger partial charge in [0.2, 0.25) is 0 Å². The summed E-state index contributed by atoms with van der Waals surface area (Å²) >= 11 is 0. The number of nitrogens with zero attached hydrogens (tertiary/aromatic N) is 2. The van der Waals surface area contributed by atoms with Gasteiger partial charge in [0, 0.05) is 31.9 Å². The van der Waals surface area contributed by atoms with Crippen LogP contribution < -0.4 is 10.2 Å². The molecule has 0 aliphatic heterocycles. The third-order valence-corrected chi connectivity index (χ3v) is 2.89. The van der Waals surface area contributed by atoms with E-state index in [2.05, 4.69) is 23.3 Å². The predicted octanol–water partition coefficient (Wildman–Crippen LogP) is 1.75. The van der Waals surface area contributed by atoms with Gasteiger partial charge in [0.15, 0.2) is 0 Å². The van der Waals surface area contributed by atoms with Crippen LogP contribution in [0.4, 0.5) is 5.69 Å². The van der Waals surface area contributed by atoms with E-state index >= 15 is 0 Å². The van der Waals surface area contributed by atoms with Gasteiger partial charge in [0.25, 0.3) is 0 Å². The fourth-order valence-corrected chi connectivity index (χ4v) is 1.64. The van der Waals surface area contributed by atoms with E-state index in [0.717, 1.165) is 24.8 Å². The van der Waals surface area contributed by atoms with E-state index in [1.807, 2.05) is 24.3 Å². The Morgan fingerprint density at radius 2 is 2.06 bits per heavy atom. The highest BCUT2D eigenvalue weighted by Gasteiger charge is 2.19. The fraction of sp³-hybridized carbons (Fsp3) is 0.462. The minimum Gasteiger partial charge on any atom is -0.373 e. The molecule has 0 radical (unpaired) electrons. The Bertz CT molecular complexity index is 373. The van der Waals surface area contributed by atoms with Crippen molar-refractivity contribution in [2.75, 3.05) is 25.0 Å². The van der Waals surface area contributed by atoms with E-state index in [0.29, 0.717) is 5.56 Å². The molecule has 0 spiro atoms. The number of hydrogen-bond acceptors (Lipinski definition) is 3. The lowest BCUT2D eigenvalue weighted by Gasteiger charge is -2.19. The summed E-state index contributed by atoms with van der Waals surface area (Å²) in [7, 11) is 2.08. The Balaban J connectivity index is 1.82. The van der Waals surface area contributed by atoms with Crippen molar-refractivity contribution in [2.45, 2.75) is 18.9 Å². The first-order valence-electron chi connectivity index (χ1n) is 5.74. The zero-order valence-corrected chi connectivity index (χ0v) is 9.61. The molecule has 1 aromatic carbocycles. The zero-order valence-electron chi connectivity index (χ0n) is 9.61. The third kappa shape index (κ3) is 2.98. The SMILES string of the molecule is CN(CCNC1CC1)c1ccc(C#N)cc1. The standard InChI is InChI=1S/C13H17N3/c1-16(9-8-15-12-4-5-12)13-6-2-11(10-14)3-7-13/h2-3,6-7,12,15H,4-5,8-9H2,1H3. The Morgan fingerprint density at radius 3 is 2.62 bits per heavy atom. The summed E-state index contributed by atoms with van der Waals surface area (Å²) in [6.07, 6.45) is 2.67. The van der Waals surface area contributed by atoms with Crippen molar-refractivity contribution >= 4 is 5.69 Å². The Labute approximate surface area is 96.7 Å². The highest BCUT2D eigenvalue weighted by atomic mass is 15.1. The van der Waals surface area contributed by atoms with Crippen molar-refractivity contribution < 1.29 is 0 Å². The number of hydrogen-bond donors (Lipinski definition) is 1. The van der Waals surface area contributed by atoms with Crippen LogP contribution in [0.15, 0.2) is 24.3 Å². The number of benzene rings is 1. The molecule has 1 saturated carbocycles. The molecule has 3 heteroatoms. The summed E-state index contributed by atoms with van der Waals surface area (Å²) in [6.45, 7) is 2.03. The Morgan fingerprint density at radius 1 is 1.38 bits per heavy atom. The topological polar surface area (TPSA) is 39.1 Å². The van der Waals surface area contributed by atoms with Crippen LogP contribution in [0.25, 0.3) is 0 Å². The second-order valence-corrected chi connectivity index (χ2v) is 4.31. The maximum atomic E-state index is 8.70. The lowest BCUT2D eigenvalue weighted by molar-refractivity contribution is 0.675. The molecule has 0 unspecified atom stereocenters. The number of nitriles is 1. The normalized spacial score (nSPS) is 14.5. The molecule has 0 atom stereocenters. The first kappa shape index (κ1) is 11.0. The van der Waals surface area contributed by atoms with Gasteiger partial charge in [-0.2, -0.15) is 5.26 Å². The van der Waals surface area contributed by atoms with Gasteiger partial charge in [-0.1, -0.05) is 0 Å². The molecule has 1 N–H and O–H groups in total. The van der Waals surface area contributed by atoms with Gasteiger partial charge < -0.3 is 10.2 Å². The van der Waals surface area contributed by atoms with Gasteiger partial charge in [0.1, 0.15) is 0 Å². The van der Waals surface area contributed by atoms with E-state index < -0.39 is 0 Å². The van der Waals surface area contributed by atoms with Crippen LogP contribution in [0.5, 0.6) is 0 Å². The summed E-state index contributed by atoms with van der Waals surface area (Å²) in [4.78, 5) is 2.20. The number of anilines is 1. The quantitative estimate of drug-likeness (QED) is 0.813. The molecular weight excluding hydrogens is 198 g/mol. The second kappa shape index (κ2) is 5.00. The van der Waals surface area contributed by atoms with Gasteiger partial charge in [-0.3, -0.25) is 0 Å². The highest BCUT2D eigenvalue weighted by molar-refractivity contribution is 5.48. The molecule has 2 rings (SSSR count). The van der Waals surface area contributed by atoms with E-state index in [-0.39, 0.29) is 0 Å². The van der Waals surface area contributed by atoms with Crippen LogP contribution in [-0.2, 0) is 0 Å². The van der Waals surface area contributed by atoms with Crippen LogP contribution in [0.3, 0.4) is 0 Å². The average Bonchev–Trinajstić information content (AvgIpc) is 3.13. The maximum Gasteiger partial charge on any atom is 0.0991 e. The van der Waals surface area contributed by atoms with Crippen molar-refractivity contribution in [3.05, 3.63) is 29.8 Å². The maximum absolute atomic E-state index is 8.70. The number of nitrogens with one attached hydrogen (secondary N) is 1. The van der Waals surface area contributed by atoms with Crippen molar-refractivity contribution in [3.8, 4) is 6.07 Å². The van der Waals surface area contributed by atoms with Crippen LogP contribution in [0, 0.1) is 11.3 Å². The monoisotopic (exact) mass is 215 g/mol. The van der Waals surface area contributed by atoms with E-state index in [4.69, 9.17) is 5.26 Å². The van der Waals surface area contributed by atoms with E-state index in [1.165, 1.54) is 12.8 Å². The molecule has 84 valence electrons. The lowest BCUT2D eigenvalue weighted by atomic mass is 10.2. The van der Waals surface area contributed by atoms with Crippen molar-refractivity contribution in [1.29, 1.82) is 5.26 Å². The molecule has 1 aliphatic carbocycles. The third-order valence-electron chi connectivity index (χ3n) is 2.89. The minimum atomic E-state index is 0.716. The van der Waals surface area contributed by atoms with Crippen LogP contribution >= 0.6 is 0 Å². The molecule has 0 amide bonds. The van der Waals surface area contributed by atoms with Gasteiger partial charge in [0.05, 0.1) is 11.6 Å². The number of likely N-dealkylation sites (N-methyl/N-ethyl adjacent to an activating group) is 1. The summed E-state index contributed by atoms with van der Waals surface area (Å²) < 4.78 is 0. The largest absolute Gasteiger partial charge is 0.373 e. The molecule has 1 aliphatic rings. The molecule has 3 nitrogen and oxygen atoms in total. The fourth-order valence-electron chi connectivity index (χ4n) is 1.64. The molecule has 16 heavy (non-hydrogen) atoms. The zero-order chi connectivity index (χ0) is 11.4. The highest BCUT2D eigenvalue weighted by Crippen LogP contribution is 2.18. The Hall–Kier alpha value is -1.53. The summed E-state index contributed by atoms with van der Waals surface area (Å²) in [6, 6.07) is 10.6. The van der Waals surface area contributed by atoms with Crippen LogP contribution in [0.2, 0.25) is 0 Å². The summed E-state index contributed by atoms with van der Waals surface area (Å²) in [5.41, 5.74) is 1.88. The molecule has 0 heterocycles. The van der Waals surface area contributed by atoms with Gasteiger partial charge in [-0.25, -0.2) is 0 Å². The van der Waals surface area contributed by atoms with E-state index in [9.17, 15) is 0 Å². The average molecular weight is 215 g/mol. The van der Waals surface area contributed by atoms with Crippen LogP contribution in [-0.4, -0.2) is 26.2 Å². The molecule has 1 fully saturated rings. The minimum absolute atomic E-state index is 0.716. The summed E-state index contributed by atoms with van der Waals surface area (Å²) in [5, 5.41) is 12.2. The predicted molar refractivity (Wildman–Crippen MR) is 65.5 cm³/mol. The molecule has 0 aromatic heterocycles. The first-order chi connectivity index (χ1) is 7.79. The number of rotatable bonds is 5. The van der Waals surface area contributed by atoms with Crippen molar-refractivity contribution in [2.24, 2.45) is 0 Å². The molecular formula is C13H17N3. The summed E-state index contributed by atoms with van der Waals surface area (Å²) in [5.74, 6) is 0. The smallest absolute Gasteiger partial charge is 0.0991 e. The molecule has 0 bridgehead atoms. The molecule has 0 saturated heterocycles. The van der Waals surface area contributed by atoms with Gasteiger partial charge >= 0.3 is 0 Å². The molecule has 1 aromatic rings. The second-order valence-electron chi connectivity index (χ2n) is 4.31. The lowest BCUT2D eigenvalue weighted by Crippen LogP contribution is -2.30. The van der Waals surface area contributed by atoms with Crippen LogP contribution in [0.1, 0.15) is 18.4 Å².